The van der Waals surface area contributed by atoms with Crippen LogP contribution in [0.4, 0.5) is 10.1 Å². The molecule has 2 aromatic carbocycles. The molecule has 0 spiro atoms. The van der Waals surface area contributed by atoms with Crippen LogP contribution in [0.5, 0.6) is 11.5 Å². The van der Waals surface area contributed by atoms with Crippen LogP contribution in [0.1, 0.15) is 16.8 Å². The van der Waals surface area contributed by atoms with E-state index in [1.807, 2.05) is 4.90 Å². The summed E-state index contributed by atoms with van der Waals surface area (Å²) in [5.41, 5.74) is 3.15. The molecule has 1 aliphatic heterocycles. The third kappa shape index (κ3) is 4.11. The van der Waals surface area contributed by atoms with Gasteiger partial charge in [-0.05, 0) is 36.8 Å². The van der Waals surface area contributed by atoms with Crippen molar-refractivity contribution in [1.29, 1.82) is 0 Å². The van der Waals surface area contributed by atoms with E-state index in [2.05, 4.69) is 10.3 Å². The number of amides is 1. The second-order valence-electron chi connectivity index (χ2n) is 7.63. The molecule has 2 heterocycles. The zero-order valence-electron chi connectivity index (χ0n) is 17.7. The van der Waals surface area contributed by atoms with Gasteiger partial charge < -0.3 is 19.8 Å². The molecule has 0 aliphatic carbocycles. The Morgan fingerprint density at radius 1 is 1.23 bits per heavy atom. The van der Waals surface area contributed by atoms with E-state index in [9.17, 15) is 14.0 Å². The van der Waals surface area contributed by atoms with Crippen LogP contribution in [0, 0.1) is 12.7 Å². The average Bonchev–Trinajstić information content (AvgIpc) is 2.75. The number of ether oxygens (including phenoxy) is 2. The van der Waals surface area contributed by atoms with Crippen LogP contribution in [-0.2, 0) is 17.8 Å². The van der Waals surface area contributed by atoms with Crippen molar-refractivity contribution >= 4 is 22.5 Å². The SMILES string of the molecule is COc1ccc(NC(=O)CN2CCc3[nH]c4c(C)cc(F)cc4c(=O)c3C2)c(OC)c1. The van der Waals surface area contributed by atoms with Crippen LogP contribution in [0.2, 0.25) is 0 Å². The van der Waals surface area contributed by atoms with E-state index in [4.69, 9.17) is 9.47 Å². The first-order valence-corrected chi connectivity index (χ1v) is 9.97. The summed E-state index contributed by atoms with van der Waals surface area (Å²) >= 11 is 0. The highest BCUT2D eigenvalue weighted by molar-refractivity contribution is 5.94. The van der Waals surface area contributed by atoms with Crippen molar-refractivity contribution in [3.8, 4) is 11.5 Å². The fourth-order valence-corrected chi connectivity index (χ4v) is 4.00. The van der Waals surface area contributed by atoms with Gasteiger partial charge in [0.15, 0.2) is 5.43 Å². The van der Waals surface area contributed by atoms with Gasteiger partial charge in [0, 0.05) is 42.2 Å². The van der Waals surface area contributed by atoms with Gasteiger partial charge in [0.05, 0.1) is 32.0 Å². The fraction of sp³-hybridized carbons (Fsp3) is 0.304. The van der Waals surface area contributed by atoms with Crippen molar-refractivity contribution in [1.82, 2.24) is 9.88 Å². The molecule has 1 aliphatic rings. The van der Waals surface area contributed by atoms with E-state index in [0.29, 0.717) is 58.7 Å². The van der Waals surface area contributed by atoms with E-state index in [1.54, 1.807) is 32.2 Å². The molecule has 1 amide bonds. The number of hydrogen-bond donors (Lipinski definition) is 2. The molecule has 4 rings (SSSR count). The Hall–Kier alpha value is -3.39. The van der Waals surface area contributed by atoms with Gasteiger partial charge in [-0.2, -0.15) is 0 Å². The van der Waals surface area contributed by atoms with E-state index in [-0.39, 0.29) is 17.9 Å². The minimum atomic E-state index is -0.434. The third-order valence-corrected chi connectivity index (χ3v) is 5.57. The average molecular weight is 425 g/mol. The van der Waals surface area contributed by atoms with E-state index < -0.39 is 5.82 Å². The Morgan fingerprint density at radius 2 is 2.03 bits per heavy atom. The molecule has 0 unspecified atom stereocenters. The first-order valence-electron chi connectivity index (χ1n) is 9.97. The number of aryl methyl sites for hydroxylation is 1. The van der Waals surface area contributed by atoms with Crippen molar-refractivity contribution in [2.45, 2.75) is 19.9 Å². The Kier molecular flexibility index (Phi) is 5.65. The summed E-state index contributed by atoms with van der Waals surface area (Å²) in [6.45, 7) is 2.85. The standard InChI is InChI=1S/C23H24FN3O4/c1-13-8-14(24)9-16-22(13)26-18-6-7-27(11-17(18)23(16)29)12-21(28)25-19-5-4-15(30-2)10-20(19)31-3/h4-5,8-10H,6-7,11-12H2,1-3H3,(H,25,28)(H,26,29). The van der Waals surface area contributed by atoms with Gasteiger partial charge in [0.2, 0.25) is 5.91 Å². The second-order valence-corrected chi connectivity index (χ2v) is 7.63. The van der Waals surface area contributed by atoms with Crippen LogP contribution in [0.15, 0.2) is 35.1 Å². The van der Waals surface area contributed by atoms with Gasteiger partial charge in [0.25, 0.3) is 0 Å². The molecule has 1 aromatic heterocycles. The quantitative estimate of drug-likeness (QED) is 0.657. The Labute approximate surface area is 178 Å². The number of rotatable bonds is 5. The van der Waals surface area contributed by atoms with Crippen molar-refractivity contribution in [3.05, 3.63) is 63.2 Å². The molecule has 0 saturated carbocycles. The molecule has 0 radical (unpaired) electrons. The van der Waals surface area contributed by atoms with Crippen LogP contribution in [0.25, 0.3) is 10.9 Å². The number of benzene rings is 2. The first-order chi connectivity index (χ1) is 14.9. The zero-order chi connectivity index (χ0) is 22.1. The van der Waals surface area contributed by atoms with Crippen LogP contribution >= 0.6 is 0 Å². The van der Waals surface area contributed by atoms with Gasteiger partial charge in [-0.15, -0.1) is 0 Å². The maximum Gasteiger partial charge on any atom is 0.238 e. The molecule has 31 heavy (non-hydrogen) atoms. The number of nitrogens with one attached hydrogen (secondary N) is 2. The van der Waals surface area contributed by atoms with Crippen LogP contribution in [-0.4, -0.2) is 43.1 Å². The smallest absolute Gasteiger partial charge is 0.238 e. The van der Waals surface area contributed by atoms with Gasteiger partial charge >= 0.3 is 0 Å². The molecule has 8 heteroatoms. The number of carbonyl (C=O) groups excluding carboxylic acids is 1. The predicted molar refractivity (Wildman–Crippen MR) is 116 cm³/mol. The summed E-state index contributed by atoms with van der Waals surface area (Å²) in [6, 6.07) is 7.83. The number of H-pyrrole nitrogens is 1. The van der Waals surface area contributed by atoms with E-state index in [1.165, 1.54) is 19.2 Å². The number of carbonyl (C=O) groups is 1. The number of fused-ring (bicyclic) bond motifs is 2. The summed E-state index contributed by atoms with van der Waals surface area (Å²) in [5.74, 6) is 0.472. The first kappa shape index (κ1) is 20.9. The highest BCUT2D eigenvalue weighted by Gasteiger charge is 2.23. The normalized spacial score (nSPS) is 13.7. The monoisotopic (exact) mass is 425 g/mol. The molecule has 0 bridgehead atoms. The van der Waals surface area contributed by atoms with Crippen molar-refractivity contribution < 1.29 is 18.7 Å². The molecule has 3 aromatic rings. The molecule has 162 valence electrons. The lowest BCUT2D eigenvalue weighted by atomic mass is 10.0. The maximum atomic E-state index is 13.8. The summed E-state index contributed by atoms with van der Waals surface area (Å²) in [5, 5.41) is 3.18. The number of methoxy groups -OCH3 is 2. The maximum absolute atomic E-state index is 13.8. The second kappa shape index (κ2) is 8.39. The summed E-state index contributed by atoms with van der Waals surface area (Å²) in [4.78, 5) is 30.8. The minimum Gasteiger partial charge on any atom is -0.497 e. The molecular formula is C23H24FN3O4. The molecule has 2 N–H and O–H groups in total. The molecular weight excluding hydrogens is 401 g/mol. The number of anilines is 1. The van der Waals surface area contributed by atoms with Gasteiger partial charge in [0.1, 0.15) is 17.3 Å². The molecule has 0 fully saturated rings. The van der Waals surface area contributed by atoms with Crippen molar-refractivity contribution in [2.75, 3.05) is 32.6 Å². The van der Waals surface area contributed by atoms with Gasteiger partial charge in [-0.3, -0.25) is 14.5 Å². The van der Waals surface area contributed by atoms with Crippen molar-refractivity contribution in [3.63, 3.8) is 0 Å². The van der Waals surface area contributed by atoms with Gasteiger partial charge in [-0.1, -0.05) is 0 Å². The highest BCUT2D eigenvalue weighted by atomic mass is 19.1. The lowest BCUT2D eigenvalue weighted by molar-refractivity contribution is -0.117. The van der Waals surface area contributed by atoms with Crippen LogP contribution < -0.4 is 20.2 Å². The van der Waals surface area contributed by atoms with E-state index >= 15 is 0 Å². The van der Waals surface area contributed by atoms with Gasteiger partial charge in [-0.25, -0.2) is 4.39 Å². The number of aromatic nitrogens is 1. The lowest BCUT2D eigenvalue weighted by Gasteiger charge is -2.28. The summed E-state index contributed by atoms with van der Waals surface area (Å²) in [7, 11) is 3.08. The topological polar surface area (TPSA) is 83.7 Å². The number of aromatic amines is 1. The zero-order valence-corrected chi connectivity index (χ0v) is 17.7. The number of halogens is 1. The van der Waals surface area contributed by atoms with Crippen molar-refractivity contribution in [2.24, 2.45) is 0 Å². The molecule has 7 nitrogen and oxygen atoms in total. The minimum absolute atomic E-state index is 0.119. The van der Waals surface area contributed by atoms with E-state index in [0.717, 1.165) is 5.69 Å². The fourth-order valence-electron chi connectivity index (χ4n) is 4.00. The molecule has 0 atom stereocenters. The third-order valence-electron chi connectivity index (χ3n) is 5.57. The predicted octanol–water partition coefficient (Wildman–Crippen LogP) is 2.99. The molecule has 0 saturated heterocycles. The summed E-state index contributed by atoms with van der Waals surface area (Å²) < 4.78 is 24.3. The highest BCUT2D eigenvalue weighted by Crippen LogP contribution is 2.29. The summed E-state index contributed by atoms with van der Waals surface area (Å²) in [6.07, 6.45) is 0.608. The largest absolute Gasteiger partial charge is 0.497 e. The Morgan fingerprint density at radius 3 is 2.77 bits per heavy atom. The lowest BCUT2D eigenvalue weighted by Crippen LogP contribution is -2.39. The van der Waals surface area contributed by atoms with Crippen LogP contribution in [0.3, 0.4) is 0 Å². The Balaban J connectivity index is 1.52. The number of hydrogen-bond acceptors (Lipinski definition) is 5. The number of pyridine rings is 1. The Bertz CT molecular complexity index is 1220. The number of nitrogens with zero attached hydrogens (tertiary/aromatic N) is 1.